The third-order valence-corrected chi connectivity index (χ3v) is 8.15. The molecule has 2 fully saturated rings. The number of anilines is 2. The molecule has 2 aliphatic heterocycles. The van der Waals surface area contributed by atoms with Crippen LogP contribution in [0.2, 0.25) is 0 Å². The van der Waals surface area contributed by atoms with E-state index in [4.69, 9.17) is 9.72 Å². The molecular weight excluding hydrogens is 518 g/mol. The number of benzene rings is 1. The molecule has 2 saturated heterocycles. The molecule has 0 unspecified atom stereocenters. The summed E-state index contributed by atoms with van der Waals surface area (Å²) in [5, 5.41) is 3.76. The van der Waals surface area contributed by atoms with Crippen LogP contribution in [0.3, 0.4) is 0 Å². The predicted octanol–water partition coefficient (Wildman–Crippen LogP) is 4.44. The Bertz CT molecular complexity index is 1120. The number of imidazole rings is 1. The molecule has 4 heterocycles. The maximum atomic E-state index is 5.19. The summed E-state index contributed by atoms with van der Waals surface area (Å²) in [6.07, 6.45) is 5.25. The number of nitrogens with zero attached hydrogens (tertiary/aromatic N) is 5. The maximum Gasteiger partial charge on any atom is 0.159 e. The lowest BCUT2D eigenvalue weighted by molar-refractivity contribution is 0.169. The fourth-order valence-electron chi connectivity index (χ4n) is 5.29. The van der Waals surface area contributed by atoms with E-state index in [1.807, 2.05) is 6.20 Å². The van der Waals surface area contributed by atoms with Gasteiger partial charge >= 0.3 is 0 Å². The summed E-state index contributed by atoms with van der Waals surface area (Å²) in [7, 11) is 1.77. The minimum Gasteiger partial charge on any atom is -0.385 e. The number of pyridine rings is 1. The van der Waals surface area contributed by atoms with Crippen molar-refractivity contribution in [1.82, 2.24) is 24.8 Å². The molecule has 0 bridgehead atoms. The molecule has 9 heteroatoms. The van der Waals surface area contributed by atoms with Crippen LogP contribution < -0.4 is 10.2 Å². The van der Waals surface area contributed by atoms with Crippen LogP contribution in [0.4, 0.5) is 11.4 Å². The number of piperidine rings is 1. The van der Waals surface area contributed by atoms with Gasteiger partial charge in [0.25, 0.3) is 0 Å². The predicted molar refractivity (Wildman–Crippen MR) is 151 cm³/mol. The molecule has 5 rings (SSSR count). The van der Waals surface area contributed by atoms with E-state index in [2.05, 4.69) is 77.1 Å². The second-order valence-corrected chi connectivity index (χ2v) is 10.7. The number of rotatable bonds is 9. The average Bonchev–Trinajstić information content (AvgIpc) is 3.36. The third kappa shape index (κ3) is 5.85. The van der Waals surface area contributed by atoms with E-state index in [1.54, 1.807) is 7.11 Å². The van der Waals surface area contributed by atoms with Crippen LogP contribution in [0.15, 0.2) is 34.9 Å². The smallest absolute Gasteiger partial charge is 0.159 e. The Morgan fingerprint density at radius 1 is 1.06 bits per heavy atom. The van der Waals surface area contributed by atoms with Crippen molar-refractivity contribution in [3.8, 4) is 11.4 Å². The standard InChI is InChI=1S/C27H38BrN7O/c1-3-33-12-9-21(10-13-33)30-24-23(28)19-29-27-25(24)31-26(32-27)20-5-7-22(8-6-20)35-16-14-34(15-17-35)11-4-18-36-2/h5-8,19,21H,3-4,9-18H2,1-2H3,(H2,29,30,31,32). The first-order valence-electron chi connectivity index (χ1n) is 13.2. The summed E-state index contributed by atoms with van der Waals surface area (Å²) in [5.41, 5.74) is 5.10. The first kappa shape index (κ1) is 25.4. The largest absolute Gasteiger partial charge is 0.385 e. The first-order valence-corrected chi connectivity index (χ1v) is 14.0. The Labute approximate surface area is 222 Å². The van der Waals surface area contributed by atoms with Crippen molar-refractivity contribution in [2.24, 2.45) is 0 Å². The van der Waals surface area contributed by atoms with Gasteiger partial charge in [-0.2, -0.15) is 0 Å². The zero-order valence-electron chi connectivity index (χ0n) is 21.5. The fraction of sp³-hybridized carbons (Fsp3) is 0.556. The fourth-order valence-corrected chi connectivity index (χ4v) is 5.70. The van der Waals surface area contributed by atoms with Crippen LogP contribution in [0, 0.1) is 0 Å². The second-order valence-electron chi connectivity index (χ2n) is 9.84. The van der Waals surface area contributed by atoms with E-state index in [0.717, 1.165) is 111 Å². The minimum atomic E-state index is 0.453. The molecule has 0 aliphatic carbocycles. The highest BCUT2D eigenvalue weighted by molar-refractivity contribution is 9.10. The molecule has 0 spiro atoms. The van der Waals surface area contributed by atoms with Crippen LogP contribution >= 0.6 is 15.9 Å². The molecule has 194 valence electrons. The number of ether oxygens (including phenoxy) is 1. The number of hydrogen-bond acceptors (Lipinski definition) is 7. The van der Waals surface area contributed by atoms with Crippen LogP contribution in [0.25, 0.3) is 22.6 Å². The number of aromatic amines is 1. The number of likely N-dealkylation sites (tertiary alicyclic amines) is 1. The van der Waals surface area contributed by atoms with Crippen LogP contribution in [0.5, 0.6) is 0 Å². The van der Waals surface area contributed by atoms with Crippen molar-refractivity contribution in [2.45, 2.75) is 32.2 Å². The summed E-state index contributed by atoms with van der Waals surface area (Å²) in [5.74, 6) is 0.856. The van der Waals surface area contributed by atoms with Crippen molar-refractivity contribution >= 4 is 38.5 Å². The van der Waals surface area contributed by atoms with Crippen molar-refractivity contribution in [3.63, 3.8) is 0 Å². The lowest BCUT2D eigenvalue weighted by atomic mass is 10.0. The van der Waals surface area contributed by atoms with Crippen molar-refractivity contribution in [1.29, 1.82) is 0 Å². The second kappa shape index (κ2) is 11.9. The number of halogens is 1. The van der Waals surface area contributed by atoms with Gasteiger partial charge in [-0.25, -0.2) is 9.97 Å². The van der Waals surface area contributed by atoms with E-state index in [1.165, 1.54) is 5.69 Å². The van der Waals surface area contributed by atoms with Crippen molar-refractivity contribution < 1.29 is 4.74 Å². The topological polar surface area (TPSA) is 72.6 Å². The van der Waals surface area contributed by atoms with Gasteiger partial charge in [-0.3, -0.25) is 4.90 Å². The van der Waals surface area contributed by atoms with Crippen LogP contribution in [-0.4, -0.2) is 96.9 Å². The molecule has 2 aromatic heterocycles. The monoisotopic (exact) mass is 555 g/mol. The summed E-state index contributed by atoms with van der Waals surface area (Å²) in [6, 6.07) is 9.22. The Morgan fingerprint density at radius 2 is 1.81 bits per heavy atom. The SMILES string of the molecule is CCN1CCC(Nc2c(Br)cnc3[nH]c(-c4ccc(N5CCN(CCCOC)CC5)cc4)nc23)CC1. The number of hydrogen-bond donors (Lipinski definition) is 2. The normalized spacial score (nSPS) is 18.2. The van der Waals surface area contributed by atoms with Gasteiger partial charge in [0.15, 0.2) is 5.65 Å². The van der Waals surface area contributed by atoms with Gasteiger partial charge in [0.1, 0.15) is 11.3 Å². The van der Waals surface area contributed by atoms with Gasteiger partial charge < -0.3 is 24.8 Å². The van der Waals surface area contributed by atoms with Crippen molar-refractivity contribution in [2.75, 3.05) is 76.3 Å². The highest BCUT2D eigenvalue weighted by atomic mass is 79.9. The minimum absolute atomic E-state index is 0.453. The molecule has 1 aromatic carbocycles. The summed E-state index contributed by atoms with van der Waals surface area (Å²) >= 11 is 3.71. The Morgan fingerprint density at radius 3 is 2.50 bits per heavy atom. The molecule has 0 amide bonds. The van der Waals surface area contributed by atoms with Gasteiger partial charge in [0.05, 0.1) is 10.2 Å². The molecular formula is C27H38BrN7O. The molecule has 0 radical (unpaired) electrons. The van der Waals surface area contributed by atoms with Gasteiger partial charge in [-0.1, -0.05) is 6.92 Å². The number of aromatic nitrogens is 3. The van der Waals surface area contributed by atoms with Gasteiger partial charge in [0.2, 0.25) is 0 Å². The zero-order chi connectivity index (χ0) is 24.9. The Hall–Kier alpha value is -2.20. The van der Waals surface area contributed by atoms with Gasteiger partial charge in [-0.05, 0) is 66.0 Å². The zero-order valence-corrected chi connectivity index (χ0v) is 23.1. The van der Waals surface area contributed by atoms with E-state index in [0.29, 0.717) is 6.04 Å². The van der Waals surface area contributed by atoms with Gasteiger partial charge in [-0.15, -0.1) is 0 Å². The van der Waals surface area contributed by atoms with Crippen LogP contribution in [0.1, 0.15) is 26.2 Å². The highest BCUT2D eigenvalue weighted by Crippen LogP contribution is 2.33. The molecule has 3 aromatic rings. The summed E-state index contributed by atoms with van der Waals surface area (Å²) in [4.78, 5) is 20.5. The first-order chi connectivity index (χ1) is 17.6. The van der Waals surface area contributed by atoms with Crippen molar-refractivity contribution in [3.05, 3.63) is 34.9 Å². The van der Waals surface area contributed by atoms with E-state index < -0.39 is 0 Å². The number of fused-ring (bicyclic) bond motifs is 1. The summed E-state index contributed by atoms with van der Waals surface area (Å²) < 4.78 is 6.15. The molecule has 0 saturated carbocycles. The molecule has 2 N–H and O–H groups in total. The Kier molecular flexibility index (Phi) is 8.41. The third-order valence-electron chi connectivity index (χ3n) is 7.55. The quantitative estimate of drug-likeness (QED) is 0.378. The van der Waals surface area contributed by atoms with E-state index in [9.17, 15) is 0 Å². The molecule has 0 atom stereocenters. The lowest BCUT2D eigenvalue weighted by Crippen LogP contribution is -2.46. The lowest BCUT2D eigenvalue weighted by Gasteiger charge is -2.36. The summed E-state index contributed by atoms with van der Waals surface area (Å²) in [6.45, 7) is 11.9. The molecule has 36 heavy (non-hydrogen) atoms. The average molecular weight is 557 g/mol. The number of H-pyrrole nitrogens is 1. The number of piperazine rings is 1. The highest BCUT2D eigenvalue weighted by Gasteiger charge is 2.22. The van der Waals surface area contributed by atoms with E-state index in [-0.39, 0.29) is 0 Å². The number of methoxy groups -OCH3 is 1. The molecule has 8 nitrogen and oxygen atoms in total. The van der Waals surface area contributed by atoms with Crippen LogP contribution in [-0.2, 0) is 4.74 Å². The molecule has 2 aliphatic rings. The number of nitrogens with one attached hydrogen (secondary N) is 2. The van der Waals surface area contributed by atoms with E-state index >= 15 is 0 Å². The van der Waals surface area contributed by atoms with Gasteiger partial charge in [0, 0.05) is 83.0 Å². The Balaban J connectivity index is 1.26. The maximum absolute atomic E-state index is 5.19.